The van der Waals surface area contributed by atoms with Crippen molar-refractivity contribution in [3.8, 4) is 5.75 Å². The Bertz CT molecular complexity index is 576. The fourth-order valence-corrected chi connectivity index (χ4v) is 1.78. The van der Waals surface area contributed by atoms with Crippen molar-refractivity contribution in [1.29, 1.82) is 0 Å². The smallest absolute Gasteiger partial charge is 0.185 e. The number of fused-ring (bicyclic) bond motifs is 1. The van der Waals surface area contributed by atoms with Crippen LogP contribution in [0.4, 0.5) is 0 Å². The minimum absolute atomic E-state index is 0.0955. The Labute approximate surface area is 92.0 Å². The molecule has 1 saturated carbocycles. The third-order valence-corrected chi connectivity index (χ3v) is 2.80. The van der Waals surface area contributed by atoms with Gasteiger partial charge in [0.25, 0.3) is 0 Å². The zero-order chi connectivity index (χ0) is 11.1. The van der Waals surface area contributed by atoms with E-state index in [1.54, 1.807) is 18.2 Å². The van der Waals surface area contributed by atoms with Crippen molar-refractivity contribution in [3.05, 3.63) is 30.2 Å². The Balaban J connectivity index is 2.20. The van der Waals surface area contributed by atoms with E-state index in [4.69, 9.17) is 0 Å². The molecule has 0 spiro atoms. The van der Waals surface area contributed by atoms with Crippen LogP contribution in [0.25, 0.3) is 10.9 Å². The van der Waals surface area contributed by atoms with Crippen molar-refractivity contribution < 1.29 is 9.90 Å². The summed E-state index contributed by atoms with van der Waals surface area (Å²) in [4.78, 5) is 20.1. The second kappa shape index (κ2) is 3.27. The van der Waals surface area contributed by atoms with Crippen LogP contribution in [0.3, 0.4) is 0 Å². The molecular weight excluding hydrogens is 204 g/mol. The van der Waals surface area contributed by atoms with E-state index in [9.17, 15) is 9.90 Å². The van der Waals surface area contributed by atoms with Crippen LogP contribution in [0.2, 0.25) is 0 Å². The Kier molecular flexibility index (Phi) is 1.89. The molecule has 1 fully saturated rings. The maximum atomic E-state index is 12.0. The number of aromatic nitrogens is 2. The number of phenolic OH excluding ortho intramolecular Hbond substituents is 1. The summed E-state index contributed by atoms with van der Waals surface area (Å²) in [5, 5.41) is 10.1. The van der Waals surface area contributed by atoms with Gasteiger partial charge in [0.1, 0.15) is 17.8 Å². The summed E-state index contributed by atoms with van der Waals surface area (Å²) in [6.07, 6.45) is 3.29. The lowest BCUT2D eigenvalue weighted by molar-refractivity contribution is 0.0964. The van der Waals surface area contributed by atoms with Crippen molar-refractivity contribution in [2.24, 2.45) is 5.92 Å². The van der Waals surface area contributed by atoms with Gasteiger partial charge in [-0.1, -0.05) is 0 Å². The van der Waals surface area contributed by atoms with Crippen molar-refractivity contribution in [1.82, 2.24) is 9.97 Å². The van der Waals surface area contributed by atoms with Gasteiger partial charge in [-0.05, 0) is 25.0 Å². The molecule has 2 aromatic rings. The molecule has 1 aromatic carbocycles. The van der Waals surface area contributed by atoms with Crippen molar-refractivity contribution in [2.75, 3.05) is 0 Å². The Morgan fingerprint density at radius 1 is 1.31 bits per heavy atom. The lowest BCUT2D eigenvalue weighted by Gasteiger charge is -2.03. The van der Waals surface area contributed by atoms with Crippen molar-refractivity contribution in [2.45, 2.75) is 12.8 Å². The van der Waals surface area contributed by atoms with Crippen LogP contribution >= 0.6 is 0 Å². The molecule has 1 aliphatic carbocycles. The monoisotopic (exact) mass is 214 g/mol. The molecule has 1 aliphatic rings. The van der Waals surface area contributed by atoms with Gasteiger partial charge < -0.3 is 5.11 Å². The molecule has 16 heavy (non-hydrogen) atoms. The number of carbonyl (C=O) groups is 1. The van der Waals surface area contributed by atoms with Gasteiger partial charge in [-0.25, -0.2) is 9.97 Å². The standard InChI is InChI=1S/C12H10N2O2/c15-8-3-4-9-10(5-8)13-6-14-11(9)12(16)7-1-2-7/h3-7,15H,1-2H2. The fourth-order valence-electron chi connectivity index (χ4n) is 1.78. The van der Waals surface area contributed by atoms with Gasteiger partial charge in [-0.15, -0.1) is 0 Å². The second-order valence-electron chi connectivity index (χ2n) is 4.06. The van der Waals surface area contributed by atoms with Crippen molar-refractivity contribution in [3.63, 3.8) is 0 Å². The van der Waals surface area contributed by atoms with Gasteiger partial charge in [0.15, 0.2) is 5.78 Å². The minimum atomic E-state index is 0.0955. The summed E-state index contributed by atoms with van der Waals surface area (Å²) < 4.78 is 0. The molecule has 0 amide bonds. The normalized spacial score (nSPS) is 15.2. The number of rotatable bonds is 2. The predicted octanol–water partition coefficient (Wildman–Crippen LogP) is 1.93. The number of carbonyl (C=O) groups excluding carboxylic acids is 1. The highest BCUT2D eigenvalue weighted by Crippen LogP contribution is 2.33. The summed E-state index contributed by atoms with van der Waals surface area (Å²) in [6.45, 7) is 0. The van der Waals surface area contributed by atoms with Crippen LogP contribution in [0, 0.1) is 5.92 Å². The first-order chi connectivity index (χ1) is 7.75. The van der Waals surface area contributed by atoms with E-state index in [1.807, 2.05) is 0 Å². The average molecular weight is 214 g/mol. The Morgan fingerprint density at radius 3 is 2.88 bits per heavy atom. The molecule has 0 radical (unpaired) electrons. The predicted molar refractivity (Wildman–Crippen MR) is 58.3 cm³/mol. The fraction of sp³-hybridized carbons (Fsp3) is 0.250. The van der Waals surface area contributed by atoms with Gasteiger partial charge in [-0.2, -0.15) is 0 Å². The van der Waals surface area contributed by atoms with E-state index in [0.717, 1.165) is 18.2 Å². The van der Waals surface area contributed by atoms with E-state index in [-0.39, 0.29) is 17.5 Å². The lowest BCUT2D eigenvalue weighted by Crippen LogP contribution is -2.05. The van der Waals surface area contributed by atoms with E-state index in [0.29, 0.717) is 11.2 Å². The molecule has 3 rings (SSSR count). The summed E-state index contributed by atoms with van der Waals surface area (Å²) in [7, 11) is 0. The van der Waals surface area contributed by atoms with Gasteiger partial charge in [0.05, 0.1) is 5.52 Å². The van der Waals surface area contributed by atoms with Crippen LogP contribution in [0.15, 0.2) is 24.5 Å². The largest absolute Gasteiger partial charge is 0.508 e. The first-order valence-corrected chi connectivity index (χ1v) is 5.23. The van der Waals surface area contributed by atoms with Crippen LogP contribution in [0.1, 0.15) is 23.3 Å². The summed E-state index contributed by atoms with van der Waals surface area (Å²) in [5.41, 5.74) is 1.09. The van der Waals surface area contributed by atoms with Crippen LogP contribution in [0.5, 0.6) is 5.75 Å². The molecule has 0 atom stereocenters. The first kappa shape index (κ1) is 9.27. The maximum absolute atomic E-state index is 12.0. The number of benzene rings is 1. The van der Waals surface area contributed by atoms with Gasteiger partial charge in [0.2, 0.25) is 0 Å². The van der Waals surface area contributed by atoms with Gasteiger partial charge in [0, 0.05) is 17.4 Å². The lowest BCUT2D eigenvalue weighted by atomic mass is 10.1. The molecule has 0 aliphatic heterocycles. The number of aromatic hydroxyl groups is 1. The first-order valence-electron chi connectivity index (χ1n) is 5.23. The molecule has 1 heterocycles. The zero-order valence-electron chi connectivity index (χ0n) is 8.55. The molecule has 1 aromatic heterocycles. The number of ketones is 1. The van der Waals surface area contributed by atoms with Crippen LogP contribution in [-0.2, 0) is 0 Å². The molecule has 0 saturated heterocycles. The topological polar surface area (TPSA) is 63.1 Å². The SMILES string of the molecule is O=C(c1ncnc2cc(O)ccc12)C1CC1. The summed E-state index contributed by atoms with van der Waals surface area (Å²) >= 11 is 0. The molecule has 4 heteroatoms. The van der Waals surface area contributed by atoms with Crippen LogP contribution < -0.4 is 0 Å². The highest BCUT2D eigenvalue weighted by Gasteiger charge is 2.32. The highest BCUT2D eigenvalue weighted by atomic mass is 16.3. The average Bonchev–Trinajstić information content (AvgIpc) is 3.10. The Hall–Kier alpha value is -1.97. The van der Waals surface area contributed by atoms with Gasteiger partial charge in [-0.3, -0.25) is 4.79 Å². The summed E-state index contributed by atoms with van der Waals surface area (Å²) in [5.74, 6) is 0.390. The van der Waals surface area contributed by atoms with Crippen LogP contribution in [-0.4, -0.2) is 20.9 Å². The number of phenols is 1. The van der Waals surface area contributed by atoms with E-state index < -0.39 is 0 Å². The molecule has 0 bridgehead atoms. The summed E-state index contributed by atoms with van der Waals surface area (Å²) in [6, 6.07) is 4.79. The number of hydrogen-bond donors (Lipinski definition) is 1. The molecule has 0 unspecified atom stereocenters. The van der Waals surface area contributed by atoms with Gasteiger partial charge >= 0.3 is 0 Å². The number of nitrogens with zero attached hydrogens (tertiary/aromatic N) is 2. The molecule has 4 nitrogen and oxygen atoms in total. The minimum Gasteiger partial charge on any atom is -0.508 e. The van der Waals surface area contributed by atoms with E-state index >= 15 is 0 Å². The molecular formula is C12H10N2O2. The highest BCUT2D eigenvalue weighted by molar-refractivity contribution is 6.07. The van der Waals surface area contributed by atoms with Crippen molar-refractivity contribution >= 4 is 16.7 Å². The Morgan fingerprint density at radius 2 is 2.12 bits per heavy atom. The third-order valence-electron chi connectivity index (χ3n) is 2.80. The maximum Gasteiger partial charge on any atom is 0.185 e. The van der Waals surface area contributed by atoms with E-state index in [2.05, 4.69) is 9.97 Å². The molecule has 80 valence electrons. The zero-order valence-corrected chi connectivity index (χ0v) is 8.55. The number of hydrogen-bond acceptors (Lipinski definition) is 4. The second-order valence-corrected chi connectivity index (χ2v) is 4.06. The number of Topliss-reactive ketones (excluding diaryl/α,β-unsaturated/α-hetero) is 1. The van der Waals surface area contributed by atoms with E-state index in [1.165, 1.54) is 6.33 Å². The quantitative estimate of drug-likeness (QED) is 0.776. The molecule has 1 N–H and O–H groups in total. The third kappa shape index (κ3) is 1.43.